The minimum Gasteiger partial charge on any atom is -0.297 e. The van der Waals surface area contributed by atoms with Gasteiger partial charge in [0.15, 0.2) is 0 Å². The van der Waals surface area contributed by atoms with E-state index in [4.69, 9.17) is 24.4 Å². The summed E-state index contributed by atoms with van der Waals surface area (Å²) < 4.78 is 0. The molecule has 0 aliphatic carbocycles. The molecule has 0 saturated carbocycles. The van der Waals surface area contributed by atoms with Crippen molar-refractivity contribution in [3.8, 4) is 0 Å². The lowest BCUT2D eigenvalue weighted by molar-refractivity contribution is 0.243. The van der Waals surface area contributed by atoms with Gasteiger partial charge in [0.25, 0.3) is 10.5 Å². The second kappa shape index (κ2) is 7.72. The number of hydrogen-bond donors (Lipinski definition) is 0. The van der Waals surface area contributed by atoms with E-state index in [1.807, 2.05) is 0 Å². The van der Waals surface area contributed by atoms with Crippen molar-refractivity contribution in [2.45, 2.75) is 25.7 Å². The Balaban J connectivity index is 1.56. The van der Waals surface area contributed by atoms with Crippen LogP contribution in [0.3, 0.4) is 0 Å². The summed E-state index contributed by atoms with van der Waals surface area (Å²) in [5, 5.41) is 0.167. The maximum atomic E-state index is 11.5. The van der Waals surface area contributed by atoms with Gasteiger partial charge in [-0.1, -0.05) is 60.8 Å². The molecule has 0 aromatic heterocycles. The van der Waals surface area contributed by atoms with Crippen LogP contribution in [0.5, 0.6) is 0 Å². The van der Waals surface area contributed by atoms with E-state index in [0.29, 0.717) is 11.5 Å². The highest BCUT2D eigenvalue weighted by Crippen LogP contribution is 2.22. The Kier molecular flexibility index (Phi) is 6.25. The Hall–Kier alpha value is -0.180. The van der Waals surface area contributed by atoms with Gasteiger partial charge in [-0.3, -0.25) is 19.4 Å². The predicted molar refractivity (Wildman–Crippen MR) is 92.8 cm³/mol. The van der Waals surface area contributed by atoms with Crippen molar-refractivity contribution in [2.75, 3.05) is 24.6 Å². The van der Waals surface area contributed by atoms with Crippen LogP contribution in [0.15, 0.2) is 0 Å². The van der Waals surface area contributed by atoms with E-state index in [-0.39, 0.29) is 10.5 Å². The molecule has 0 aromatic carbocycles. The molecule has 0 N–H and O–H groups in total. The minimum atomic E-state index is 0.0834. The Bertz CT molecular complexity index is 369. The zero-order valence-electron chi connectivity index (χ0n) is 11.0. The van der Waals surface area contributed by atoms with Crippen LogP contribution in [0, 0.1) is 0 Å². The number of thioether (sulfide) groups is 2. The average Bonchev–Trinajstić information content (AvgIpc) is 2.90. The summed E-state index contributed by atoms with van der Waals surface area (Å²) in [6.07, 6.45) is 4.00. The molecule has 4 nitrogen and oxygen atoms in total. The first-order valence-corrected chi connectivity index (χ1v) is 9.32. The third kappa shape index (κ3) is 4.16. The van der Waals surface area contributed by atoms with Crippen molar-refractivity contribution in [3.05, 3.63) is 0 Å². The number of hydrogen-bond acceptors (Lipinski definition) is 6. The zero-order valence-corrected chi connectivity index (χ0v) is 14.3. The summed E-state index contributed by atoms with van der Waals surface area (Å²) in [5.74, 6) is 1.31. The number of carbonyl (C=O) groups is 2. The quantitative estimate of drug-likeness (QED) is 0.518. The standard InChI is InChI=1S/C12H16N2O2S4/c15-11-13(9(17)7-19-11)5-3-1-2-4-6-14-10(18)8-20-12(14)16/h1-8H2. The van der Waals surface area contributed by atoms with Crippen molar-refractivity contribution in [2.24, 2.45) is 0 Å². The highest BCUT2D eigenvalue weighted by molar-refractivity contribution is 8.15. The van der Waals surface area contributed by atoms with Gasteiger partial charge in [0.2, 0.25) is 0 Å². The molecule has 2 fully saturated rings. The van der Waals surface area contributed by atoms with Gasteiger partial charge in [0.05, 0.1) is 21.5 Å². The molecule has 0 atom stereocenters. The number of amides is 2. The fourth-order valence-electron chi connectivity index (χ4n) is 2.09. The van der Waals surface area contributed by atoms with Gasteiger partial charge in [-0.05, 0) is 12.8 Å². The summed E-state index contributed by atoms with van der Waals surface area (Å²) >= 11 is 12.8. The molecule has 0 bridgehead atoms. The number of thiocarbonyl (C=S) groups is 2. The molecule has 0 spiro atoms. The highest BCUT2D eigenvalue weighted by atomic mass is 32.2. The smallest absolute Gasteiger partial charge is 0.286 e. The van der Waals surface area contributed by atoms with E-state index in [2.05, 4.69) is 0 Å². The van der Waals surface area contributed by atoms with E-state index in [9.17, 15) is 9.59 Å². The molecule has 2 amide bonds. The van der Waals surface area contributed by atoms with Crippen molar-refractivity contribution >= 4 is 68.4 Å². The Morgan fingerprint density at radius 3 is 1.50 bits per heavy atom. The number of carbonyl (C=O) groups excluding carboxylic acids is 2. The van der Waals surface area contributed by atoms with E-state index in [0.717, 1.165) is 48.7 Å². The molecule has 2 rings (SSSR count). The van der Waals surface area contributed by atoms with Crippen LogP contribution in [0.4, 0.5) is 9.59 Å². The fraction of sp³-hybridized carbons (Fsp3) is 0.667. The van der Waals surface area contributed by atoms with E-state index in [1.165, 1.54) is 23.5 Å². The first-order chi connectivity index (χ1) is 9.59. The molecule has 20 heavy (non-hydrogen) atoms. The maximum absolute atomic E-state index is 11.5. The lowest BCUT2D eigenvalue weighted by atomic mass is 10.2. The third-order valence-electron chi connectivity index (χ3n) is 3.19. The molecular formula is C12H16N2O2S4. The topological polar surface area (TPSA) is 40.6 Å². The summed E-state index contributed by atoms with van der Waals surface area (Å²) in [5.41, 5.74) is 0. The highest BCUT2D eigenvalue weighted by Gasteiger charge is 2.26. The van der Waals surface area contributed by atoms with Gasteiger partial charge in [-0.25, -0.2) is 0 Å². The van der Waals surface area contributed by atoms with Crippen LogP contribution in [0.25, 0.3) is 0 Å². The van der Waals surface area contributed by atoms with E-state index >= 15 is 0 Å². The fourth-order valence-corrected chi connectivity index (χ4v) is 4.43. The Morgan fingerprint density at radius 1 is 0.800 bits per heavy atom. The molecule has 0 unspecified atom stereocenters. The molecule has 2 saturated heterocycles. The van der Waals surface area contributed by atoms with Crippen LogP contribution in [-0.2, 0) is 0 Å². The van der Waals surface area contributed by atoms with E-state index < -0.39 is 0 Å². The lowest BCUT2D eigenvalue weighted by Gasteiger charge is -2.16. The van der Waals surface area contributed by atoms with Gasteiger partial charge in [0, 0.05) is 13.1 Å². The minimum absolute atomic E-state index is 0.0834. The molecule has 2 aliphatic heterocycles. The van der Waals surface area contributed by atoms with Gasteiger partial charge in [-0.15, -0.1) is 0 Å². The van der Waals surface area contributed by atoms with Crippen LogP contribution in [0.2, 0.25) is 0 Å². The summed E-state index contributed by atoms with van der Waals surface area (Å²) in [6, 6.07) is 0. The second-order valence-corrected chi connectivity index (χ2v) is 7.41. The molecule has 8 heteroatoms. The van der Waals surface area contributed by atoms with Crippen LogP contribution in [-0.4, -0.2) is 54.9 Å². The molecule has 0 radical (unpaired) electrons. The van der Waals surface area contributed by atoms with Crippen molar-refractivity contribution in [3.63, 3.8) is 0 Å². The summed E-state index contributed by atoms with van der Waals surface area (Å²) in [6.45, 7) is 1.45. The second-order valence-electron chi connectivity index (χ2n) is 4.61. The van der Waals surface area contributed by atoms with Crippen LogP contribution < -0.4 is 0 Å². The summed E-state index contributed by atoms with van der Waals surface area (Å²) in [7, 11) is 0. The SMILES string of the molecule is O=C1SCC(=S)N1CCCCCCN1C(=O)SCC1=S. The third-order valence-corrected chi connectivity index (χ3v) is 6.06. The molecular weight excluding hydrogens is 332 g/mol. The number of rotatable bonds is 7. The van der Waals surface area contributed by atoms with Crippen LogP contribution >= 0.6 is 48.0 Å². The molecule has 0 aromatic rings. The monoisotopic (exact) mass is 348 g/mol. The van der Waals surface area contributed by atoms with Crippen LogP contribution in [0.1, 0.15) is 25.7 Å². The molecule has 2 aliphatic rings. The maximum Gasteiger partial charge on any atom is 0.286 e. The first-order valence-electron chi connectivity index (χ1n) is 6.54. The van der Waals surface area contributed by atoms with E-state index in [1.54, 1.807) is 9.80 Å². The Morgan fingerprint density at radius 2 is 1.20 bits per heavy atom. The average molecular weight is 349 g/mol. The molecule has 2 heterocycles. The van der Waals surface area contributed by atoms with Gasteiger partial charge < -0.3 is 0 Å². The van der Waals surface area contributed by atoms with Crippen molar-refractivity contribution in [1.82, 2.24) is 9.80 Å². The van der Waals surface area contributed by atoms with Crippen molar-refractivity contribution < 1.29 is 9.59 Å². The summed E-state index contributed by atoms with van der Waals surface area (Å²) in [4.78, 5) is 27.9. The Labute approximate surface area is 138 Å². The largest absolute Gasteiger partial charge is 0.297 e. The van der Waals surface area contributed by atoms with Crippen molar-refractivity contribution in [1.29, 1.82) is 0 Å². The first kappa shape index (κ1) is 16.2. The predicted octanol–water partition coefficient (Wildman–Crippen LogP) is 3.54. The van der Waals surface area contributed by atoms with Gasteiger partial charge in [0.1, 0.15) is 0 Å². The number of unbranched alkanes of at least 4 members (excludes halogenated alkanes) is 3. The normalized spacial score (nSPS) is 19.6. The zero-order chi connectivity index (χ0) is 14.5. The number of nitrogens with zero attached hydrogens (tertiary/aromatic N) is 2. The lowest BCUT2D eigenvalue weighted by Crippen LogP contribution is -2.29. The van der Waals surface area contributed by atoms with Gasteiger partial charge in [-0.2, -0.15) is 0 Å². The van der Waals surface area contributed by atoms with Gasteiger partial charge >= 0.3 is 0 Å². The molecule has 110 valence electrons.